The number of aromatic amines is 1. The number of hydrogen-bond acceptors (Lipinski definition) is 5. The maximum atomic E-state index is 12.8. The zero-order valence-corrected chi connectivity index (χ0v) is 14.0. The predicted molar refractivity (Wildman–Crippen MR) is 87.9 cm³/mol. The predicted octanol–water partition coefficient (Wildman–Crippen LogP) is 2.12. The second-order valence-corrected chi connectivity index (χ2v) is 5.84. The number of amides is 1. The van der Waals surface area contributed by atoms with Crippen molar-refractivity contribution in [1.82, 2.24) is 20.1 Å². The zero-order chi connectivity index (χ0) is 16.9. The minimum Gasteiger partial charge on any atom is -0.493 e. The Hall–Kier alpha value is -2.57. The van der Waals surface area contributed by atoms with Gasteiger partial charge in [-0.2, -0.15) is 5.10 Å². The van der Waals surface area contributed by atoms with Gasteiger partial charge in [-0.15, -0.1) is 0 Å². The molecule has 1 aliphatic heterocycles. The summed E-state index contributed by atoms with van der Waals surface area (Å²) in [7, 11) is 3.19. The molecule has 0 bridgehead atoms. The van der Waals surface area contributed by atoms with E-state index in [9.17, 15) is 4.79 Å². The summed E-state index contributed by atoms with van der Waals surface area (Å²) >= 11 is 0. The third-order valence-corrected chi connectivity index (χ3v) is 4.38. The molecular formula is C17H22N4O3. The third-order valence-electron chi connectivity index (χ3n) is 4.38. The first kappa shape index (κ1) is 16.3. The Morgan fingerprint density at radius 1 is 1.29 bits per heavy atom. The normalized spacial score (nSPS) is 17.6. The van der Waals surface area contributed by atoms with E-state index >= 15 is 0 Å². The van der Waals surface area contributed by atoms with Gasteiger partial charge in [-0.3, -0.25) is 9.89 Å². The highest BCUT2D eigenvalue weighted by atomic mass is 16.5. The van der Waals surface area contributed by atoms with Crippen LogP contribution in [0.4, 0.5) is 0 Å². The van der Waals surface area contributed by atoms with Crippen LogP contribution in [0.1, 0.15) is 36.7 Å². The quantitative estimate of drug-likeness (QED) is 0.908. The molecule has 0 aliphatic carbocycles. The Balaban J connectivity index is 1.75. The van der Waals surface area contributed by atoms with Gasteiger partial charge in [0.15, 0.2) is 11.5 Å². The van der Waals surface area contributed by atoms with Crippen LogP contribution >= 0.6 is 0 Å². The highest BCUT2D eigenvalue weighted by molar-refractivity contribution is 5.79. The van der Waals surface area contributed by atoms with E-state index in [1.165, 1.54) is 6.33 Å². The van der Waals surface area contributed by atoms with Gasteiger partial charge in [-0.25, -0.2) is 4.98 Å². The van der Waals surface area contributed by atoms with Gasteiger partial charge in [0.05, 0.1) is 26.7 Å². The Bertz CT molecular complexity index is 687. The second kappa shape index (κ2) is 7.33. The van der Waals surface area contributed by atoms with Crippen LogP contribution in [0.25, 0.3) is 0 Å². The largest absolute Gasteiger partial charge is 0.493 e. The number of nitrogens with one attached hydrogen (secondary N) is 1. The van der Waals surface area contributed by atoms with Gasteiger partial charge < -0.3 is 14.4 Å². The average molecular weight is 330 g/mol. The van der Waals surface area contributed by atoms with Crippen molar-refractivity contribution < 1.29 is 14.3 Å². The molecule has 1 aromatic heterocycles. The van der Waals surface area contributed by atoms with Gasteiger partial charge in [0, 0.05) is 6.54 Å². The van der Waals surface area contributed by atoms with Crippen molar-refractivity contribution in [3.05, 3.63) is 35.9 Å². The van der Waals surface area contributed by atoms with Crippen LogP contribution in [0.15, 0.2) is 24.5 Å². The Morgan fingerprint density at radius 2 is 2.12 bits per heavy atom. The number of nitrogens with zero attached hydrogens (tertiary/aromatic N) is 3. The number of carbonyl (C=O) groups excluding carboxylic acids is 1. The fourth-order valence-electron chi connectivity index (χ4n) is 3.16. The maximum Gasteiger partial charge on any atom is 0.227 e. The minimum atomic E-state index is -0.0195. The van der Waals surface area contributed by atoms with Gasteiger partial charge in [0.2, 0.25) is 5.91 Å². The molecule has 1 aromatic carbocycles. The van der Waals surface area contributed by atoms with Crippen LogP contribution in [0.3, 0.4) is 0 Å². The van der Waals surface area contributed by atoms with E-state index in [1.54, 1.807) is 14.2 Å². The molecule has 3 rings (SSSR count). The van der Waals surface area contributed by atoms with E-state index in [1.807, 2.05) is 23.1 Å². The number of benzene rings is 1. The third kappa shape index (κ3) is 3.34. The number of ether oxygens (including phenoxy) is 2. The molecule has 1 amide bonds. The molecule has 2 heterocycles. The first-order chi connectivity index (χ1) is 11.7. The summed E-state index contributed by atoms with van der Waals surface area (Å²) in [4.78, 5) is 19.0. The summed E-state index contributed by atoms with van der Waals surface area (Å²) in [6, 6.07) is 5.55. The van der Waals surface area contributed by atoms with Gasteiger partial charge in [0.1, 0.15) is 12.2 Å². The lowest BCUT2D eigenvalue weighted by atomic mass is 10.00. The van der Waals surface area contributed by atoms with Crippen LogP contribution < -0.4 is 9.47 Å². The summed E-state index contributed by atoms with van der Waals surface area (Å²) in [5, 5.41) is 6.81. The van der Waals surface area contributed by atoms with Crippen LogP contribution in [0.2, 0.25) is 0 Å². The van der Waals surface area contributed by atoms with E-state index in [2.05, 4.69) is 15.2 Å². The van der Waals surface area contributed by atoms with E-state index in [0.717, 1.165) is 37.2 Å². The van der Waals surface area contributed by atoms with Crippen molar-refractivity contribution in [2.45, 2.75) is 31.7 Å². The highest BCUT2D eigenvalue weighted by Crippen LogP contribution is 2.31. The van der Waals surface area contributed by atoms with E-state index < -0.39 is 0 Å². The van der Waals surface area contributed by atoms with Gasteiger partial charge in [-0.1, -0.05) is 6.07 Å². The van der Waals surface area contributed by atoms with E-state index in [-0.39, 0.29) is 11.9 Å². The van der Waals surface area contributed by atoms with Crippen LogP contribution in [0.5, 0.6) is 11.5 Å². The average Bonchev–Trinajstić information content (AvgIpc) is 3.16. The second-order valence-electron chi connectivity index (χ2n) is 5.84. The molecule has 1 N–H and O–H groups in total. The molecule has 0 spiro atoms. The summed E-state index contributed by atoms with van der Waals surface area (Å²) in [6.45, 7) is 0.748. The lowest BCUT2D eigenvalue weighted by Crippen LogP contribution is -2.39. The fraction of sp³-hybridized carbons (Fsp3) is 0.471. The number of H-pyrrole nitrogens is 1. The molecule has 1 saturated heterocycles. The first-order valence-electron chi connectivity index (χ1n) is 8.08. The zero-order valence-electron chi connectivity index (χ0n) is 14.0. The fourth-order valence-corrected chi connectivity index (χ4v) is 3.16. The molecule has 1 aliphatic rings. The topological polar surface area (TPSA) is 80.3 Å². The van der Waals surface area contributed by atoms with Crippen molar-refractivity contribution in [2.75, 3.05) is 20.8 Å². The minimum absolute atomic E-state index is 0.0195. The lowest BCUT2D eigenvalue weighted by Gasteiger charge is -2.34. The molecule has 1 atom stereocenters. The number of methoxy groups -OCH3 is 2. The molecule has 0 saturated carbocycles. The standard InChI is InChI=1S/C17H22N4O3/c1-23-14-7-6-12(9-15(14)24-2)10-16(22)21-8-4-3-5-13(21)17-18-11-19-20-17/h6-7,9,11,13H,3-5,8,10H2,1-2H3,(H,18,19,20)/t13-/m0/s1. The number of carbonyl (C=O) groups is 1. The molecule has 24 heavy (non-hydrogen) atoms. The molecule has 0 radical (unpaired) electrons. The first-order valence-corrected chi connectivity index (χ1v) is 8.08. The molecular weight excluding hydrogens is 308 g/mol. The Kier molecular flexibility index (Phi) is 4.98. The molecule has 128 valence electrons. The van der Waals surface area contributed by atoms with E-state index in [4.69, 9.17) is 9.47 Å². The number of hydrogen-bond donors (Lipinski definition) is 1. The van der Waals surface area contributed by atoms with Crippen molar-refractivity contribution in [2.24, 2.45) is 0 Å². The maximum absolute atomic E-state index is 12.8. The molecule has 1 fully saturated rings. The molecule has 0 unspecified atom stereocenters. The summed E-state index contributed by atoms with van der Waals surface area (Å²) in [5.74, 6) is 2.14. The summed E-state index contributed by atoms with van der Waals surface area (Å²) in [6.07, 6.45) is 4.83. The lowest BCUT2D eigenvalue weighted by molar-refractivity contribution is -0.134. The molecule has 7 heteroatoms. The number of rotatable bonds is 5. The number of aromatic nitrogens is 3. The summed E-state index contributed by atoms with van der Waals surface area (Å²) in [5.41, 5.74) is 0.902. The molecule has 2 aromatic rings. The van der Waals surface area contributed by atoms with Gasteiger partial charge in [-0.05, 0) is 37.0 Å². The Morgan fingerprint density at radius 3 is 2.83 bits per heavy atom. The molecule has 7 nitrogen and oxygen atoms in total. The van der Waals surface area contributed by atoms with Crippen LogP contribution in [-0.4, -0.2) is 46.8 Å². The SMILES string of the molecule is COc1ccc(CC(=O)N2CCCC[C@H]2c2ncn[nH]2)cc1OC. The summed E-state index contributed by atoms with van der Waals surface area (Å²) < 4.78 is 10.5. The number of likely N-dealkylation sites (tertiary alicyclic amines) is 1. The van der Waals surface area contributed by atoms with Crippen molar-refractivity contribution in [3.8, 4) is 11.5 Å². The van der Waals surface area contributed by atoms with Crippen LogP contribution in [0, 0.1) is 0 Å². The number of piperidine rings is 1. The highest BCUT2D eigenvalue weighted by Gasteiger charge is 2.29. The monoisotopic (exact) mass is 330 g/mol. The van der Waals surface area contributed by atoms with Gasteiger partial charge in [0.25, 0.3) is 0 Å². The van der Waals surface area contributed by atoms with Gasteiger partial charge >= 0.3 is 0 Å². The Labute approximate surface area is 141 Å². The van der Waals surface area contributed by atoms with E-state index in [0.29, 0.717) is 17.9 Å². The smallest absolute Gasteiger partial charge is 0.227 e. The van der Waals surface area contributed by atoms with Crippen LogP contribution in [-0.2, 0) is 11.2 Å². The van der Waals surface area contributed by atoms with Crippen molar-refractivity contribution in [3.63, 3.8) is 0 Å². The van der Waals surface area contributed by atoms with Crippen molar-refractivity contribution >= 4 is 5.91 Å². The van der Waals surface area contributed by atoms with Crippen molar-refractivity contribution in [1.29, 1.82) is 0 Å².